The van der Waals surface area contributed by atoms with Gasteiger partial charge in [-0.2, -0.15) is 0 Å². The summed E-state index contributed by atoms with van der Waals surface area (Å²) in [6.45, 7) is 1.36. The zero-order chi connectivity index (χ0) is 25.5. The van der Waals surface area contributed by atoms with Crippen LogP contribution in [0.3, 0.4) is 0 Å². The number of methoxy groups -OCH3 is 1. The van der Waals surface area contributed by atoms with Crippen molar-refractivity contribution in [3.05, 3.63) is 107 Å². The van der Waals surface area contributed by atoms with Gasteiger partial charge in [0.1, 0.15) is 0 Å². The van der Waals surface area contributed by atoms with Crippen molar-refractivity contribution in [3.8, 4) is 11.5 Å². The molecule has 1 aliphatic carbocycles. The molecule has 4 aromatic rings. The number of benzene rings is 3. The monoisotopic (exact) mass is 490 g/mol. The maximum atomic E-state index is 13.9. The minimum Gasteiger partial charge on any atom is -0.493 e. The summed E-state index contributed by atoms with van der Waals surface area (Å²) in [4.78, 5) is 30.1. The van der Waals surface area contributed by atoms with Gasteiger partial charge in [-0.05, 0) is 59.4 Å². The van der Waals surface area contributed by atoms with Crippen molar-refractivity contribution in [1.29, 1.82) is 0 Å². The average Bonchev–Trinajstić information content (AvgIpc) is 2.92. The van der Waals surface area contributed by atoms with E-state index in [4.69, 9.17) is 9.47 Å². The number of nitrogens with one attached hydrogen (secondary N) is 1. The fraction of sp³-hybridized carbons (Fsp3) is 0.194. The van der Waals surface area contributed by atoms with E-state index in [1.54, 1.807) is 19.4 Å². The molecule has 2 heterocycles. The Morgan fingerprint density at radius 2 is 1.78 bits per heavy atom. The first kappa shape index (κ1) is 23.0. The van der Waals surface area contributed by atoms with Gasteiger partial charge in [-0.15, -0.1) is 0 Å². The molecule has 0 saturated heterocycles. The lowest BCUT2D eigenvalue weighted by Gasteiger charge is -2.37. The third kappa shape index (κ3) is 4.04. The van der Waals surface area contributed by atoms with E-state index in [0.717, 1.165) is 45.4 Å². The van der Waals surface area contributed by atoms with Crippen LogP contribution in [-0.4, -0.2) is 23.8 Å². The number of carbonyl (C=O) groups is 2. The second-order valence-electron chi connectivity index (χ2n) is 9.49. The van der Waals surface area contributed by atoms with Crippen molar-refractivity contribution >= 4 is 28.3 Å². The molecule has 0 radical (unpaired) electrons. The predicted octanol–water partition coefficient (Wildman–Crippen LogP) is 6.13. The van der Waals surface area contributed by atoms with Gasteiger partial charge in [0, 0.05) is 47.8 Å². The zero-order valence-electron chi connectivity index (χ0n) is 20.7. The van der Waals surface area contributed by atoms with E-state index in [1.165, 1.54) is 12.5 Å². The maximum Gasteiger partial charge on any atom is 0.308 e. The van der Waals surface area contributed by atoms with Crippen LogP contribution in [-0.2, 0) is 9.59 Å². The van der Waals surface area contributed by atoms with Crippen molar-refractivity contribution in [2.24, 2.45) is 0 Å². The summed E-state index contributed by atoms with van der Waals surface area (Å²) in [7, 11) is 1.54. The van der Waals surface area contributed by atoms with Gasteiger partial charge >= 0.3 is 5.97 Å². The molecule has 0 amide bonds. The molecule has 6 nitrogen and oxygen atoms in total. The number of carbonyl (C=O) groups excluding carboxylic acids is 2. The SMILES string of the molecule is COc1cc([C@H]2C3=C(C[C@@H](c4ccccc4)CC3=O)Nc3ccc4ncccc4c32)ccc1OC(C)=O. The van der Waals surface area contributed by atoms with Crippen molar-refractivity contribution in [2.75, 3.05) is 12.4 Å². The molecule has 0 bridgehead atoms. The molecule has 37 heavy (non-hydrogen) atoms. The minimum atomic E-state index is -0.422. The van der Waals surface area contributed by atoms with Gasteiger partial charge in [-0.3, -0.25) is 14.6 Å². The molecule has 1 aromatic heterocycles. The van der Waals surface area contributed by atoms with E-state index >= 15 is 0 Å². The molecule has 2 aliphatic rings. The first-order valence-electron chi connectivity index (χ1n) is 12.4. The van der Waals surface area contributed by atoms with Crippen LogP contribution in [0.2, 0.25) is 0 Å². The Balaban J connectivity index is 1.54. The standard InChI is InChI=1S/C31H26N2O4/c1-18(34)37-27-13-10-20(17-28(27)36-2)29-30-22-9-6-14-32-23(22)11-12-24(30)33-25-15-21(16-26(35)31(25)29)19-7-4-3-5-8-19/h3-14,17,21,29,33H,15-16H2,1-2H3/t21-,29-/m1/s1. The van der Waals surface area contributed by atoms with Crippen LogP contribution in [0.1, 0.15) is 48.3 Å². The highest BCUT2D eigenvalue weighted by atomic mass is 16.6. The van der Waals surface area contributed by atoms with Crippen molar-refractivity contribution in [3.63, 3.8) is 0 Å². The van der Waals surface area contributed by atoms with E-state index in [9.17, 15) is 9.59 Å². The number of Topliss-reactive ketones (excluding diaryl/α,β-unsaturated/α-hetero) is 1. The number of esters is 1. The molecule has 1 aliphatic heterocycles. The first-order valence-corrected chi connectivity index (χ1v) is 12.4. The van der Waals surface area contributed by atoms with Gasteiger partial charge in [-0.25, -0.2) is 0 Å². The highest BCUT2D eigenvalue weighted by molar-refractivity contribution is 6.04. The Labute approximate surface area is 214 Å². The fourth-order valence-electron chi connectivity index (χ4n) is 5.68. The van der Waals surface area contributed by atoms with E-state index < -0.39 is 5.97 Å². The molecular formula is C31H26N2O4. The van der Waals surface area contributed by atoms with Crippen LogP contribution >= 0.6 is 0 Å². The number of fused-ring (bicyclic) bond motifs is 3. The highest BCUT2D eigenvalue weighted by Gasteiger charge is 2.39. The molecule has 0 spiro atoms. The van der Waals surface area contributed by atoms with Gasteiger partial charge in [0.15, 0.2) is 17.3 Å². The van der Waals surface area contributed by atoms with Crippen LogP contribution < -0.4 is 14.8 Å². The highest BCUT2D eigenvalue weighted by Crippen LogP contribution is 2.50. The number of nitrogens with zero attached hydrogens (tertiary/aromatic N) is 1. The maximum absolute atomic E-state index is 13.9. The van der Waals surface area contributed by atoms with E-state index in [2.05, 4.69) is 22.4 Å². The number of rotatable bonds is 4. The number of aromatic nitrogens is 1. The van der Waals surface area contributed by atoms with E-state index in [0.29, 0.717) is 17.9 Å². The normalized spacial score (nSPS) is 18.6. The Morgan fingerprint density at radius 3 is 2.57 bits per heavy atom. The number of ether oxygens (including phenoxy) is 2. The van der Waals surface area contributed by atoms with Gasteiger partial charge in [0.05, 0.1) is 12.6 Å². The van der Waals surface area contributed by atoms with Crippen LogP contribution in [0, 0.1) is 0 Å². The number of anilines is 1. The smallest absolute Gasteiger partial charge is 0.308 e. The molecule has 6 heteroatoms. The number of pyridine rings is 1. The zero-order valence-corrected chi connectivity index (χ0v) is 20.7. The molecule has 1 N–H and O–H groups in total. The largest absolute Gasteiger partial charge is 0.493 e. The quantitative estimate of drug-likeness (QED) is 0.274. The summed E-state index contributed by atoms with van der Waals surface area (Å²) in [5.41, 5.74) is 6.64. The molecule has 0 unspecified atom stereocenters. The summed E-state index contributed by atoms with van der Waals surface area (Å²) in [6, 6.07) is 23.8. The third-order valence-electron chi connectivity index (χ3n) is 7.24. The Kier molecular flexibility index (Phi) is 5.72. The predicted molar refractivity (Wildman–Crippen MR) is 142 cm³/mol. The van der Waals surface area contributed by atoms with Gasteiger partial charge < -0.3 is 14.8 Å². The molecule has 6 rings (SSSR count). The molecule has 3 aromatic carbocycles. The Bertz CT molecular complexity index is 1580. The van der Waals surface area contributed by atoms with Crippen LogP contribution in [0.15, 0.2) is 90.3 Å². The topological polar surface area (TPSA) is 77.5 Å². The lowest BCUT2D eigenvalue weighted by atomic mass is 9.71. The summed E-state index contributed by atoms with van der Waals surface area (Å²) >= 11 is 0. The molecular weight excluding hydrogens is 464 g/mol. The Morgan fingerprint density at radius 1 is 0.946 bits per heavy atom. The van der Waals surface area contributed by atoms with Gasteiger partial charge in [-0.1, -0.05) is 42.5 Å². The summed E-state index contributed by atoms with van der Waals surface area (Å²) in [5.74, 6) is 0.297. The van der Waals surface area contributed by atoms with Crippen LogP contribution in [0.4, 0.5) is 5.69 Å². The Hall–Kier alpha value is -4.45. The van der Waals surface area contributed by atoms with Crippen molar-refractivity contribution < 1.29 is 19.1 Å². The lowest BCUT2D eigenvalue weighted by Crippen LogP contribution is -2.30. The molecule has 0 fully saturated rings. The van der Waals surface area contributed by atoms with Gasteiger partial charge in [0.25, 0.3) is 0 Å². The minimum absolute atomic E-state index is 0.116. The number of ketones is 1. The lowest BCUT2D eigenvalue weighted by molar-refractivity contribution is -0.132. The molecule has 184 valence electrons. The van der Waals surface area contributed by atoms with Crippen LogP contribution in [0.25, 0.3) is 10.9 Å². The second-order valence-corrected chi connectivity index (χ2v) is 9.49. The number of hydrogen-bond acceptors (Lipinski definition) is 6. The average molecular weight is 491 g/mol. The summed E-state index contributed by atoms with van der Waals surface area (Å²) in [5, 5.41) is 4.61. The van der Waals surface area contributed by atoms with E-state index in [1.807, 2.05) is 54.6 Å². The van der Waals surface area contributed by atoms with Crippen LogP contribution in [0.5, 0.6) is 11.5 Å². The number of allylic oxidation sites excluding steroid dienone is 2. The summed E-state index contributed by atoms with van der Waals surface area (Å²) < 4.78 is 10.9. The third-order valence-corrected chi connectivity index (χ3v) is 7.24. The summed E-state index contributed by atoms with van der Waals surface area (Å²) in [6.07, 6.45) is 2.97. The van der Waals surface area contributed by atoms with Crippen molar-refractivity contribution in [1.82, 2.24) is 4.98 Å². The fourth-order valence-corrected chi connectivity index (χ4v) is 5.68. The van der Waals surface area contributed by atoms with Gasteiger partial charge in [0.2, 0.25) is 0 Å². The second kappa shape index (κ2) is 9.21. The number of hydrogen-bond donors (Lipinski definition) is 1. The first-order chi connectivity index (χ1) is 18.0. The van der Waals surface area contributed by atoms with E-state index in [-0.39, 0.29) is 17.6 Å². The molecule has 0 saturated carbocycles. The molecule has 2 atom stereocenters. The van der Waals surface area contributed by atoms with Crippen molar-refractivity contribution in [2.45, 2.75) is 31.6 Å².